The lowest BCUT2D eigenvalue weighted by atomic mass is 10.1. The van der Waals surface area contributed by atoms with Gasteiger partial charge in [0.1, 0.15) is 0 Å². The van der Waals surface area contributed by atoms with Crippen LogP contribution in [0, 0.1) is 5.92 Å². The third-order valence-electron chi connectivity index (χ3n) is 4.91. The Kier molecular flexibility index (Phi) is 5.03. The second-order valence-corrected chi connectivity index (χ2v) is 6.52. The van der Waals surface area contributed by atoms with Gasteiger partial charge in [-0.1, -0.05) is 30.3 Å². The fraction of sp³-hybridized carbons (Fsp3) is 0.500. The van der Waals surface area contributed by atoms with Crippen LogP contribution in [0.25, 0.3) is 0 Å². The maximum absolute atomic E-state index is 12.7. The van der Waals surface area contributed by atoms with Crippen molar-refractivity contribution in [1.29, 1.82) is 0 Å². The zero-order valence-electron chi connectivity index (χ0n) is 14.1. The van der Waals surface area contributed by atoms with E-state index in [1.807, 2.05) is 37.3 Å². The largest absolute Gasteiger partial charge is 0.479 e. The molecule has 2 heterocycles. The van der Waals surface area contributed by atoms with Crippen LogP contribution < -0.4 is 0 Å². The lowest BCUT2D eigenvalue weighted by Gasteiger charge is -2.32. The molecule has 3 unspecified atom stereocenters. The first-order valence-electron chi connectivity index (χ1n) is 8.45. The summed E-state index contributed by atoms with van der Waals surface area (Å²) in [5.41, 5.74) is 1.03. The second-order valence-electron chi connectivity index (χ2n) is 6.52. The third-order valence-corrected chi connectivity index (χ3v) is 4.91. The molecule has 1 aromatic rings. The highest BCUT2D eigenvalue weighted by Crippen LogP contribution is 2.29. The van der Waals surface area contributed by atoms with Crippen LogP contribution in [0.1, 0.15) is 24.9 Å². The van der Waals surface area contributed by atoms with E-state index in [-0.39, 0.29) is 37.4 Å². The number of carbonyl (C=O) groups is 3. The normalized spacial score (nSPS) is 25.1. The van der Waals surface area contributed by atoms with Crippen LogP contribution in [0.5, 0.6) is 0 Å². The molecule has 0 aliphatic carbocycles. The first-order chi connectivity index (χ1) is 12.0. The summed E-state index contributed by atoms with van der Waals surface area (Å²) < 4.78 is 5.15. The summed E-state index contributed by atoms with van der Waals surface area (Å²) in [4.78, 5) is 39.4. The number of carbonyl (C=O) groups excluding carboxylic acids is 2. The van der Waals surface area contributed by atoms with E-state index in [0.717, 1.165) is 5.56 Å². The van der Waals surface area contributed by atoms with E-state index >= 15 is 0 Å². The molecule has 3 rings (SSSR count). The zero-order valence-corrected chi connectivity index (χ0v) is 14.1. The number of rotatable bonds is 4. The minimum Gasteiger partial charge on any atom is -0.479 e. The summed E-state index contributed by atoms with van der Waals surface area (Å²) >= 11 is 0. The van der Waals surface area contributed by atoms with Crippen LogP contribution in [-0.2, 0) is 19.1 Å². The van der Waals surface area contributed by atoms with Crippen LogP contribution in [0.4, 0.5) is 0 Å². The van der Waals surface area contributed by atoms with Gasteiger partial charge in [-0.15, -0.1) is 0 Å². The Labute approximate surface area is 146 Å². The molecule has 7 nitrogen and oxygen atoms in total. The smallest absolute Gasteiger partial charge is 0.334 e. The summed E-state index contributed by atoms with van der Waals surface area (Å²) in [5, 5.41) is 9.06. The molecule has 1 aromatic carbocycles. The first kappa shape index (κ1) is 17.4. The van der Waals surface area contributed by atoms with Crippen LogP contribution in [0.15, 0.2) is 30.3 Å². The summed E-state index contributed by atoms with van der Waals surface area (Å²) in [6.45, 7) is 2.92. The van der Waals surface area contributed by atoms with Crippen molar-refractivity contribution in [2.24, 2.45) is 5.92 Å². The second kappa shape index (κ2) is 7.23. The highest BCUT2D eigenvalue weighted by molar-refractivity contribution is 5.90. The fourth-order valence-electron chi connectivity index (χ4n) is 3.44. The van der Waals surface area contributed by atoms with Crippen molar-refractivity contribution in [3.8, 4) is 0 Å². The van der Waals surface area contributed by atoms with Crippen LogP contribution >= 0.6 is 0 Å². The van der Waals surface area contributed by atoms with E-state index in [9.17, 15) is 14.4 Å². The summed E-state index contributed by atoms with van der Waals surface area (Å²) in [7, 11) is 0. The molecule has 2 amide bonds. The van der Waals surface area contributed by atoms with Crippen LogP contribution in [0.2, 0.25) is 0 Å². The quantitative estimate of drug-likeness (QED) is 0.876. The van der Waals surface area contributed by atoms with E-state index in [0.29, 0.717) is 13.1 Å². The monoisotopic (exact) mass is 346 g/mol. The summed E-state index contributed by atoms with van der Waals surface area (Å²) in [6.07, 6.45) is -0.820. The van der Waals surface area contributed by atoms with E-state index in [2.05, 4.69) is 0 Å². The molecule has 1 N–H and O–H groups in total. The van der Waals surface area contributed by atoms with Gasteiger partial charge in [-0.05, 0) is 12.5 Å². The van der Waals surface area contributed by atoms with Crippen LogP contribution in [-0.4, -0.2) is 65.0 Å². The number of likely N-dealkylation sites (tertiary alicyclic amines) is 1. The van der Waals surface area contributed by atoms with Gasteiger partial charge >= 0.3 is 5.97 Å². The molecule has 0 bridgehead atoms. The Morgan fingerprint density at radius 1 is 1.24 bits per heavy atom. The maximum Gasteiger partial charge on any atom is 0.334 e. The predicted octanol–water partition coefficient (Wildman–Crippen LogP) is 0.908. The number of carboxylic acid groups (broad SMARTS) is 1. The lowest BCUT2D eigenvalue weighted by Crippen LogP contribution is -2.50. The molecule has 25 heavy (non-hydrogen) atoms. The predicted molar refractivity (Wildman–Crippen MR) is 88.6 cm³/mol. The van der Waals surface area contributed by atoms with Crippen molar-refractivity contribution < 1.29 is 24.2 Å². The van der Waals surface area contributed by atoms with Gasteiger partial charge in [0.2, 0.25) is 11.8 Å². The van der Waals surface area contributed by atoms with Crippen molar-refractivity contribution in [3.63, 3.8) is 0 Å². The lowest BCUT2D eigenvalue weighted by molar-refractivity contribution is -0.160. The van der Waals surface area contributed by atoms with E-state index < -0.39 is 18.0 Å². The number of aliphatic carboxylic acids is 1. The first-order valence-corrected chi connectivity index (χ1v) is 8.45. The highest BCUT2D eigenvalue weighted by Gasteiger charge is 2.40. The molecule has 0 aromatic heterocycles. The molecule has 2 aliphatic heterocycles. The number of morpholine rings is 1. The molecule has 7 heteroatoms. The number of hydrogen-bond acceptors (Lipinski definition) is 4. The van der Waals surface area contributed by atoms with E-state index in [1.54, 1.807) is 4.90 Å². The fourth-order valence-corrected chi connectivity index (χ4v) is 3.44. The van der Waals surface area contributed by atoms with E-state index in [4.69, 9.17) is 9.84 Å². The van der Waals surface area contributed by atoms with Gasteiger partial charge in [0.15, 0.2) is 6.10 Å². The van der Waals surface area contributed by atoms with Gasteiger partial charge in [-0.2, -0.15) is 0 Å². The average molecular weight is 346 g/mol. The van der Waals surface area contributed by atoms with Gasteiger partial charge in [-0.25, -0.2) is 4.79 Å². The molecular weight excluding hydrogens is 324 g/mol. The minimum atomic E-state index is -1.07. The van der Waals surface area contributed by atoms with Crippen molar-refractivity contribution in [2.45, 2.75) is 25.5 Å². The number of ether oxygens (including phenoxy) is 1. The molecule has 134 valence electrons. The summed E-state index contributed by atoms with van der Waals surface area (Å²) in [6, 6.07) is 9.61. The maximum atomic E-state index is 12.7. The number of carboxylic acids is 1. The van der Waals surface area contributed by atoms with Crippen molar-refractivity contribution in [2.75, 3.05) is 26.2 Å². The van der Waals surface area contributed by atoms with Crippen molar-refractivity contribution in [3.05, 3.63) is 35.9 Å². The van der Waals surface area contributed by atoms with Crippen LogP contribution in [0.3, 0.4) is 0 Å². The number of hydrogen-bond donors (Lipinski definition) is 1. The molecule has 2 fully saturated rings. The average Bonchev–Trinajstić information content (AvgIpc) is 3.03. The van der Waals surface area contributed by atoms with Gasteiger partial charge in [-0.3, -0.25) is 9.59 Å². The molecule has 2 saturated heterocycles. The van der Waals surface area contributed by atoms with Gasteiger partial charge in [0.05, 0.1) is 25.1 Å². The minimum absolute atomic E-state index is 0.0348. The number of amides is 2. The molecule has 0 radical (unpaired) electrons. The molecule has 0 spiro atoms. The standard InChI is InChI=1S/C18H22N2O5/c1-12(13-5-3-2-4-6-13)20-10-14(9-16(20)21)17(22)19-7-8-25-15(11-19)18(23)24/h2-6,12,14-15H,7-11H2,1H3,(H,23,24). The Morgan fingerprint density at radius 3 is 2.64 bits per heavy atom. The molecular formula is C18H22N2O5. The third kappa shape index (κ3) is 3.66. The number of benzene rings is 1. The molecule has 2 aliphatic rings. The van der Waals surface area contributed by atoms with E-state index in [1.165, 1.54) is 4.90 Å². The number of nitrogens with zero attached hydrogens (tertiary/aromatic N) is 2. The topological polar surface area (TPSA) is 87.2 Å². The highest BCUT2D eigenvalue weighted by atomic mass is 16.5. The van der Waals surface area contributed by atoms with Gasteiger partial charge in [0.25, 0.3) is 0 Å². The SMILES string of the molecule is CC(c1ccccc1)N1CC(C(=O)N2CCOC(C(=O)O)C2)CC1=O. The Hall–Kier alpha value is -2.41. The Morgan fingerprint density at radius 2 is 1.96 bits per heavy atom. The Balaban J connectivity index is 1.65. The van der Waals surface area contributed by atoms with Gasteiger partial charge < -0.3 is 19.6 Å². The molecule has 0 saturated carbocycles. The summed E-state index contributed by atoms with van der Waals surface area (Å²) in [5.74, 6) is -1.70. The van der Waals surface area contributed by atoms with Crippen molar-refractivity contribution >= 4 is 17.8 Å². The Bertz CT molecular complexity index is 663. The van der Waals surface area contributed by atoms with Crippen molar-refractivity contribution in [1.82, 2.24) is 9.80 Å². The molecule has 3 atom stereocenters. The zero-order chi connectivity index (χ0) is 18.0. The van der Waals surface area contributed by atoms with Gasteiger partial charge in [0, 0.05) is 19.5 Å².